The van der Waals surface area contributed by atoms with E-state index in [1.807, 2.05) is 36.4 Å². The van der Waals surface area contributed by atoms with Crippen molar-refractivity contribution in [3.05, 3.63) is 63.6 Å². The molecule has 1 aliphatic rings. The minimum Gasteiger partial charge on any atom is -0.322 e. The highest BCUT2D eigenvalue weighted by atomic mass is 79.9. The molecule has 102 valence electrons. The number of carbonyl (C=O) groups excluding carboxylic acids is 1. The molecule has 20 heavy (non-hydrogen) atoms. The van der Waals surface area contributed by atoms with E-state index in [-0.39, 0.29) is 5.91 Å². The van der Waals surface area contributed by atoms with Crippen LogP contribution in [0.15, 0.2) is 46.9 Å². The molecule has 0 spiro atoms. The number of halogens is 1. The largest absolute Gasteiger partial charge is 0.322 e. The molecule has 0 radical (unpaired) electrons. The van der Waals surface area contributed by atoms with Crippen molar-refractivity contribution in [1.29, 1.82) is 0 Å². The topological polar surface area (TPSA) is 29.1 Å². The van der Waals surface area contributed by atoms with E-state index in [9.17, 15) is 4.79 Å². The number of benzene rings is 2. The first kappa shape index (κ1) is 13.4. The molecule has 2 aromatic carbocycles. The predicted molar refractivity (Wildman–Crippen MR) is 85.2 cm³/mol. The normalized spacial score (nSPS) is 13.7. The Kier molecular flexibility index (Phi) is 3.88. The van der Waals surface area contributed by atoms with E-state index >= 15 is 0 Å². The van der Waals surface area contributed by atoms with Crippen LogP contribution in [0.2, 0.25) is 0 Å². The Morgan fingerprint density at radius 1 is 0.950 bits per heavy atom. The van der Waals surface area contributed by atoms with Crippen molar-refractivity contribution in [2.45, 2.75) is 25.7 Å². The summed E-state index contributed by atoms with van der Waals surface area (Å²) in [6, 6.07) is 13.7. The van der Waals surface area contributed by atoms with E-state index in [0.29, 0.717) is 0 Å². The lowest BCUT2D eigenvalue weighted by Crippen LogP contribution is -2.13. The van der Waals surface area contributed by atoms with Crippen molar-refractivity contribution in [3.63, 3.8) is 0 Å². The number of anilines is 1. The fraction of sp³-hybridized carbons (Fsp3) is 0.235. The van der Waals surface area contributed by atoms with E-state index in [1.54, 1.807) is 0 Å². The number of amides is 1. The number of carbonyl (C=O) groups is 1. The van der Waals surface area contributed by atoms with Gasteiger partial charge in [-0.3, -0.25) is 4.79 Å². The van der Waals surface area contributed by atoms with E-state index in [0.717, 1.165) is 28.6 Å². The summed E-state index contributed by atoms with van der Waals surface area (Å²) >= 11 is 3.39. The molecule has 2 aromatic rings. The highest BCUT2D eigenvalue weighted by Crippen LogP contribution is 2.23. The van der Waals surface area contributed by atoms with Gasteiger partial charge in [0.2, 0.25) is 0 Å². The van der Waals surface area contributed by atoms with Crippen molar-refractivity contribution < 1.29 is 4.79 Å². The molecule has 0 bridgehead atoms. The van der Waals surface area contributed by atoms with Gasteiger partial charge in [0.25, 0.3) is 5.91 Å². The van der Waals surface area contributed by atoms with Crippen LogP contribution >= 0.6 is 15.9 Å². The summed E-state index contributed by atoms with van der Waals surface area (Å²) in [6.45, 7) is 0. The van der Waals surface area contributed by atoms with Crippen molar-refractivity contribution >= 4 is 27.5 Å². The van der Waals surface area contributed by atoms with Crippen LogP contribution in [-0.2, 0) is 12.8 Å². The number of hydrogen-bond acceptors (Lipinski definition) is 1. The summed E-state index contributed by atoms with van der Waals surface area (Å²) in [7, 11) is 0. The number of aryl methyl sites for hydroxylation is 2. The van der Waals surface area contributed by atoms with Crippen LogP contribution in [0.4, 0.5) is 5.69 Å². The number of fused-ring (bicyclic) bond motifs is 1. The third kappa shape index (κ3) is 2.93. The summed E-state index contributed by atoms with van der Waals surface area (Å²) in [6.07, 6.45) is 4.72. The van der Waals surface area contributed by atoms with Crippen LogP contribution in [0.25, 0.3) is 0 Å². The zero-order chi connectivity index (χ0) is 13.9. The lowest BCUT2D eigenvalue weighted by Gasteiger charge is -2.16. The predicted octanol–water partition coefficient (Wildman–Crippen LogP) is 4.58. The number of hydrogen-bond donors (Lipinski definition) is 1. The highest BCUT2D eigenvalue weighted by molar-refractivity contribution is 9.10. The first-order valence-corrected chi connectivity index (χ1v) is 7.70. The summed E-state index contributed by atoms with van der Waals surface area (Å²) in [4.78, 5) is 12.3. The molecule has 0 aromatic heterocycles. The fourth-order valence-electron chi connectivity index (χ4n) is 2.61. The molecule has 0 unspecified atom stereocenters. The van der Waals surface area contributed by atoms with Gasteiger partial charge < -0.3 is 5.32 Å². The highest BCUT2D eigenvalue weighted by Gasteiger charge is 2.12. The summed E-state index contributed by atoms with van der Waals surface area (Å²) in [5.41, 5.74) is 4.29. The second-order valence-corrected chi connectivity index (χ2v) is 6.07. The van der Waals surface area contributed by atoms with Gasteiger partial charge in [-0.15, -0.1) is 0 Å². The Balaban J connectivity index is 1.78. The zero-order valence-electron chi connectivity index (χ0n) is 11.2. The first-order valence-electron chi connectivity index (χ1n) is 6.91. The standard InChI is InChI=1S/C17H16BrNO/c18-15-7-9-16(10-8-15)19-17(20)14-6-5-12-3-1-2-4-13(12)11-14/h5-11H,1-4H2,(H,19,20). The second kappa shape index (κ2) is 5.80. The van der Waals surface area contributed by atoms with Gasteiger partial charge in [0.15, 0.2) is 0 Å². The average Bonchev–Trinajstić information content (AvgIpc) is 2.49. The van der Waals surface area contributed by atoms with Crippen LogP contribution in [0.5, 0.6) is 0 Å². The molecule has 0 aliphatic heterocycles. The van der Waals surface area contributed by atoms with Gasteiger partial charge in [-0.1, -0.05) is 22.0 Å². The molecule has 1 N–H and O–H groups in total. The van der Waals surface area contributed by atoms with Gasteiger partial charge >= 0.3 is 0 Å². The summed E-state index contributed by atoms with van der Waals surface area (Å²) in [5.74, 6) is -0.0410. The van der Waals surface area contributed by atoms with Gasteiger partial charge in [0.1, 0.15) is 0 Å². The molecule has 0 fully saturated rings. The smallest absolute Gasteiger partial charge is 0.255 e. The molecule has 2 nitrogen and oxygen atoms in total. The number of rotatable bonds is 2. The molecule has 0 heterocycles. The lowest BCUT2D eigenvalue weighted by atomic mass is 9.90. The molecule has 3 rings (SSSR count). The first-order chi connectivity index (χ1) is 9.72. The molecule has 1 amide bonds. The molecule has 3 heteroatoms. The third-order valence-electron chi connectivity index (χ3n) is 3.71. The van der Waals surface area contributed by atoms with Gasteiger partial charge in [0, 0.05) is 15.7 Å². The maximum atomic E-state index is 12.3. The molecule has 0 saturated heterocycles. The van der Waals surface area contributed by atoms with E-state index in [4.69, 9.17) is 0 Å². The van der Waals surface area contributed by atoms with Gasteiger partial charge in [0.05, 0.1) is 0 Å². The van der Waals surface area contributed by atoms with Crippen molar-refractivity contribution in [1.82, 2.24) is 0 Å². The van der Waals surface area contributed by atoms with E-state index in [1.165, 1.54) is 24.0 Å². The van der Waals surface area contributed by atoms with E-state index < -0.39 is 0 Å². The third-order valence-corrected chi connectivity index (χ3v) is 4.24. The summed E-state index contributed by atoms with van der Waals surface area (Å²) < 4.78 is 1.00. The van der Waals surface area contributed by atoms with Gasteiger partial charge in [-0.25, -0.2) is 0 Å². The Hall–Kier alpha value is -1.61. The average molecular weight is 330 g/mol. The Morgan fingerprint density at radius 3 is 2.40 bits per heavy atom. The quantitative estimate of drug-likeness (QED) is 0.858. The Morgan fingerprint density at radius 2 is 1.65 bits per heavy atom. The zero-order valence-corrected chi connectivity index (χ0v) is 12.7. The van der Waals surface area contributed by atoms with Crippen molar-refractivity contribution in [2.75, 3.05) is 5.32 Å². The Labute approximate surface area is 127 Å². The maximum Gasteiger partial charge on any atom is 0.255 e. The second-order valence-electron chi connectivity index (χ2n) is 5.15. The number of nitrogens with one attached hydrogen (secondary N) is 1. The fourth-order valence-corrected chi connectivity index (χ4v) is 2.88. The molecule has 0 saturated carbocycles. The van der Waals surface area contributed by atoms with Crippen LogP contribution in [0, 0.1) is 0 Å². The molecular formula is C17H16BrNO. The van der Waals surface area contributed by atoms with Crippen LogP contribution in [0.1, 0.15) is 34.3 Å². The minimum absolute atomic E-state index is 0.0410. The van der Waals surface area contributed by atoms with Crippen LogP contribution < -0.4 is 5.32 Å². The van der Waals surface area contributed by atoms with Crippen LogP contribution in [-0.4, -0.2) is 5.91 Å². The molecular weight excluding hydrogens is 314 g/mol. The Bertz CT molecular complexity index is 634. The molecule has 1 aliphatic carbocycles. The SMILES string of the molecule is O=C(Nc1ccc(Br)cc1)c1ccc2c(c1)CCCC2. The summed E-state index contributed by atoms with van der Waals surface area (Å²) in [5, 5.41) is 2.93. The van der Waals surface area contributed by atoms with Crippen LogP contribution in [0.3, 0.4) is 0 Å². The van der Waals surface area contributed by atoms with Gasteiger partial charge in [-0.2, -0.15) is 0 Å². The maximum absolute atomic E-state index is 12.3. The lowest BCUT2D eigenvalue weighted by molar-refractivity contribution is 0.102. The van der Waals surface area contributed by atoms with Crippen molar-refractivity contribution in [3.8, 4) is 0 Å². The molecule has 0 atom stereocenters. The van der Waals surface area contributed by atoms with Crippen molar-refractivity contribution in [2.24, 2.45) is 0 Å². The minimum atomic E-state index is -0.0410. The monoisotopic (exact) mass is 329 g/mol. The van der Waals surface area contributed by atoms with E-state index in [2.05, 4.69) is 27.3 Å². The van der Waals surface area contributed by atoms with Gasteiger partial charge in [-0.05, 0) is 73.2 Å².